The van der Waals surface area contributed by atoms with E-state index >= 15 is 0 Å². The third kappa shape index (κ3) is 4.01. The average molecular weight is 333 g/mol. The maximum absolute atomic E-state index is 13.3. The fraction of sp³-hybridized carbons (Fsp3) is 0.500. The highest BCUT2D eigenvalue weighted by atomic mass is 19.1. The van der Waals surface area contributed by atoms with E-state index in [1.54, 1.807) is 18.4 Å². The molecule has 1 fully saturated rings. The summed E-state index contributed by atoms with van der Waals surface area (Å²) in [5.74, 6) is 0.159. The molecule has 3 rings (SSSR count). The predicted octanol–water partition coefficient (Wildman–Crippen LogP) is 2.37. The third-order valence-corrected chi connectivity index (χ3v) is 4.61. The van der Waals surface area contributed by atoms with Gasteiger partial charge in [0.1, 0.15) is 12.1 Å². The zero-order chi connectivity index (χ0) is 16.9. The smallest absolute Gasteiger partial charge is 0.226 e. The topological polar surface area (TPSA) is 52.7 Å². The fourth-order valence-corrected chi connectivity index (χ4v) is 3.15. The van der Waals surface area contributed by atoms with E-state index in [0.29, 0.717) is 11.5 Å². The van der Waals surface area contributed by atoms with Crippen molar-refractivity contribution in [3.63, 3.8) is 0 Å². The Hall–Kier alpha value is -1.76. The van der Waals surface area contributed by atoms with Crippen molar-refractivity contribution in [2.45, 2.75) is 25.9 Å². The van der Waals surface area contributed by atoms with Crippen LogP contribution in [0.5, 0.6) is 0 Å². The highest BCUT2D eigenvalue weighted by Gasteiger charge is 2.22. The molecule has 0 spiro atoms. The van der Waals surface area contributed by atoms with Gasteiger partial charge in [0.05, 0.1) is 12.3 Å². The molecule has 1 aliphatic rings. The van der Waals surface area contributed by atoms with E-state index in [2.05, 4.69) is 21.7 Å². The van der Waals surface area contributed by atoms with E-state index in [9.17, 15) is 9.50 Å². The number of nitrogens with zero attached hydrogens (tertiary/aromatic N) is 3. The lowest BCUT2D eigenvalue weighted by Crippen LogP contribution is -2.50. The van der Waals surface area contributed by atoms with Crippen LogP contribution in [0.15, 0.2) is 34.9 Å². The summed E-state index contributed by atoms with van der Waals surface area (Å²) in [7, 11) is 0. The van der Waals surface area contributed by atoms with Crippen LogP contribution in [-0.4, -0.2) is 58.7 Å². The Labute approximate surface area is 141 Å². The summed E-state index contributed by atoms with van der Waals surface area (Å²) in [4.78, 5) is 9.15. The van der Waals surface area contributed by atoms with Gasteiger partial charge >= 0.3 is 0 Å². The van der Waals surface area contributed by atoms with Crippen molar-refractivity contribution < 1.29 is 13.9 Å². The molecule has 1 N–H and O–H groups in total. The molecule has 5 nitrogen and oxygen atoms in total. The number of oxazole rings is 1. The van der Waals surface area contributed by atoms with Crippen LogP contribution in [0.4, 0.5) is 4.39 Å². The molecule has 1 saturated heterocycles. The van der Waals surface area contributed by atoms with Crippen LogP contribution in [0.1, 0.15) is 19.0 Å². The van der Waals surface area contributed by atoms with Crippen molar-refractivity contribution in [1.29, 1.82) is 0 Å². The zero-order valence-corrected chi connectivity index (χ0v) is 14.0. The van der Waals surface area contributed by atoms with Gasteiger partial charge in [-0.05, 0) is 24.6 Å². The minimum atomic E-state index is -0.294. The number of halogens is 1. The third-order valence-electron chi connectivity index (χ3n) is 4.61. The average Bonchev–Trinajstić information content (AvgIpc) is 3.06. The fourth-order valence-electron chi connectivity index (χ4n) is 3.15. The van der Waals surface area contributed by atoms with Crippen molar-refractivity contribution in [1.82, 2.24) is 14.8 Å². The van der Waals surface area contributed by atoms with Gasteiger partial charge in [0.2, 0.25) is 5.89 Å². The first kappa shape index (κ1) is 17.1. The molecule has 0 saturated carbocycles. The van der Waals surface area contributed by atoms with Gasteiger partial charge in [-0.2, -0.15) is 0 Å². The molecule has 0 aliphatic carbocycles. The molecule has 0 amide bonds. The van der Waals surface area contributed by atoms with Gasteiger partial charge in [-0.25, -0.2) is 9.37 Å². The molecule has 1 aromatic heterocycles. The molecule has 2 heterocycles. The number of aromatic nitrogens is 1. The van der Waals surface area contributed by atoms with Gasteiger partial charge in [0.15, 0.2) is 0 Å². The molecule has 1 aliphatic heterocycles. The quantitative estimate of drug-likeness (QED) is 0.879. The maximum atomic E-state index is 13.3. The number of hydrogen-bond donors (Lipinski definition) is 1. The van der Waals surface area contributed by atoms with Gasteiger partial charge in [0.25, 0.3) is 0 Å². The van der Waals surface area contributed by atoms with Crippen molar-refractivity contribution in [2.24, 2.45) is 0 Å². The van der Waals surface area contributed by atoms with E-state index in [-0.39, 0.29) is 18.5 Å². The molecule has 0 radical (unpaired) electrons. The number of aliphatic hydroxyl groups is 1. The Morgan fingerprint density at radius 1 is 1.29 bits per heavy atom. The first-order valence-electron chi connectivity index (χ1n) is 8.47. The van der Waals surface area contributed by atoms with Crippen molar-refractivity contribution in [3.8, 4) is 11.5 Å². The molecule has 2 aromatic rings. The molecule has 0 bridgehead atoms. The normalized spacial score (nSPS) is 18.0. The molecule has 1 unspecified atom stereocenters. The lowest BCUT2D eigenvalue weighted by atomic mass is 10.1. The maximum Gasteiger partial charge on any atom is 0.226 e. The summed E-state index contributed by atoms with van der Waals surface area (Å²) in [6.07, 6.45) is 2.62. The minimum absolute atomic E-state index is 0.219. The van der Waals surface area contributed by atoms with Crippen molar-refractivity contribution in [2.75, 3.05) is 32.8 Å². The highest BCUT2D eigenvalue weighted by Crippen LogP contribution is 2.20. The number of hydrogen-bond acceptors (Lipinski definition) is 5. The monoisotopic (exact) mass is 333 g/mol. The van der Waals surface area contributed by atoms with Crippen LogP contribution in [0, 0.1) is 5.82 Å². The van der Waals surface area contributed by atoms with Crippen molar-refractivity contribution in [3.05, 3.63) is 42.0 Å². The molecule has 6 heteroatoms. The lowest BCUT2D eigenvalue weighted by molar-refractivity contribution is 0.0603. The SMILES string of the molecule is CCC(CO)N1CCN(Cc2coc(-c3cccc(F)c3)n2)CC1. The van der Waals surface area contributed by atoms with Gasteiger partial charge in [-0.1, -0.05) is 13.0 Å². The van der Waals surface area contributed by atoms with Crippen LogP contribution < -0.4 is 0 Å². The Morgan fingerprint density at radius 3 is 2.75 bits per heavy atom. The molecule has 1 aromatic carbocycles. The number of benzene rings is 1. The summed E-state index contributed by atoms with van der Waals surface area (Å²) < 4.78 is 18.8. The van der Waals surface area contributed by atoms with Gasteiger partial charge in [-0.15, -0.1) is 0 Å². The Balaban J connectivity index is 1.56. The van der Waals surface area contributed by atoms with Crippen LogP contribution >= 0.6 is 0 Å². The summed E-state index contributed by atoms with van der Waals surface area (Å²) in [6, 6.07) is 6.53. The van der Waals surface area contributed by atoms with Gasteiger partial charge in [0, 0.05) is 44.3 Å². The summed E-state index contributed by atoms with van der Waals surface area (Å²) in [5.41, 5.74) is 1.51. The molecule has 1 atom stereocenters. The lowest BCUT2D eigenvalue weighted by Gasteiger charge is -2.38. The Morgan fingerprint density at radius 2 is 2.08 bits per heavy atom. The van der Waals surface area contributed by atoms with Crippen molar-refractivity contribution >= 4 is 0 Å². The molecular weight excluding hydrogens is 309 g/mol. The number of rotatable bonds is 6. The highest BCUT2D eigenvalue weighted by molar-refractivity contribution is 5.52. The van der Waals surface area contributed by atoms with E-state index in [0.717, 1.165) is 44.8 Å². The second kappa shape index (κ2) is 7.88. The van der Waals surface area contributed by atoms with Gasteiger partial charge < -0.3 is 9.52 Å². The van der Waals surface area contributed by atoms with Crippen LogP contribution in [0.2, 0.25) is 0 Å². The predicted molar refractivity (Wildman–Crippen MR) is 89.9 cm³/mol. The second-order valence-corrected chi connectivity index (χ2v) is 6.21. The minimum Gasteiger partial charge on any atom is -0.444 e. The molecule has 130 valence electrons. The Bertz CT molecular complexity index is 649. The first-order valence-corrected chi connectivity index (χ1v) is 8.47. The standard InChI is InChI=1S/C18H24FN3O2/c1-2-17(12-23)22-8-6-21(7-9-22)11-16-13-24-18(20-16)14-4-3-5-15(19)10-14/h3-5,10,13,17,23H,2,6-9,11-12H2,1H3. The molecule has 24 heavy (non-hydrogen) atoms. The van der Waals surface area contributed by atoms with E-state index in [4.69, 9.17) is 4.42 Å². The summed E-state index contributed by atoms with van der Waals surface area (Å²) in [6.45, 7) is 6.84. The van der Waals surface area contributed by atoms with E-state index < -0.39 is 0 Å². The summed E-state index contributed by atoms with van der Waals surface area (Å²) in [5, 5.41) is 9.41. The largest absolute Gasteiger partial charge is 0.444 e. The number of aliphatic hydroxyl groups excluding tert-OH is 1. The molecular formula is C18H24FN3O2. The number of piperazine rings is 1. The zero-order valence-electron chi connectivity index (χ0n) is 14.0. The van der Waals surface area contributed by atoms with Crippen LogP contribution in [0.3, 0.4) is 0 Å². The van der Waals surface area contributed by atoms with Crippen LogP contribution in [-0.2, 0) is 6.54 Å². The van der Waals surface area contributed by atoms with Gasteiger partial charge in [-0.3, -0.25) is 9.80 Å². The second-order valence-electron chi connectivity index (χ2n) is 6.21. The van der Waals surface area contributed by atoms with E-state index in [1.165, 1.54) is 12.1 Å². The first-order chi connectivity index (χ1) is 11.7. The summed E-state index contributed by atoms with van der Waals surface area (Å²) >= 11 is 0. The Kier molecular flexibility index (Phi) is 5.60. The van der Waals surface area contributed by atoms with E-state index in [1.807, 2.05) is 0 Å². The van der Waals surface area contributed by atoms with Crippen LogP contribution in [0.25, 0.3) is 11.5 Å².